The number of aliphatic hydroxyl groups is 2. The van der Waals surface area contributed by atoms with Gasteiger partial charge in [0.05, 0.1) is 25.3 Å². The fourth-order valence-electron chi connectivity index (χ4n) is 3.88. The molecule has 0 heterocycles. The number of hydrogen-bond donors (Lipinski definition) is 2. The molecule has 0 saturated carbocycles. The Morgan fingerprint density at radius 2 is 0.964 bits per heavy atom. The third-order valence-corrected chi connectivity index (χ3v) is 5.76. The number of unbranched alkanes of at least 4 members (excludes halogenated alkanes) is 14. The van der Waals surface area contributed by atoms with Crippen molar-refractivity contribution >= 4 is 5.91 Å². The van der Waals surface area contributed by atoms with Crippen LogP contribution in [0.1, 0.15) is 124 Å². The molecule has 2 N–H and O–H groups in total. The Labute approximate surface area is 175 Å². The molecule has 0 aliphatic heterocycles. The van der Waals surface area contributed by atoms with Crippen LogP contribution >= 0.6 is 0 Å². The number of nitrogens with zero attached hydrogens (tertiary/aromatic N) is 1. The monoisotopic (exact) mass is 399 g/mol. The minimum Gasteiger partial charge on any atom is -0.394 e. The molecule has 0 saturated heterocycles. The lowest BCUT2D eigenvalue weighted by Crippen LogP contribution is -2.47. The van der Waals surface area contributed by atoms with Crippen molar-refractivity contribution in [1.29, 1.82) is 0 Å². The second-order valence-corrected chi connectivity index (χ2v) is 8.56. The molecule has 0 bridgehead atoms. The molecule has 4 heteroatoms. The standard InChI is InChI=1S/C24H49NO3/c1-4-5-6-7-8-9-10-11-12-13-14-15-16-17-18-19-24(28)25(22(2)20-26)23(3)21-27/h22-23,26-27H,4-21H2,1-3H3. The zero-order valence-electron chi connectivity index (χ0n) is 19.1. The van der Waals surface area contributed by atoms with Gasteiger partial charge in [0, 0.05) is 6.42 Å². The van der Waals surface area contributed by atoms with Crippen LogP contribution in [0, 0.1) is 0 Å². The molecule has 0 fully saturated rings. The predicted molar refractivity (Wildman–Crippen MR) is 119 cm³/mol. The van der Waals surface area contributed by atoms with E-state index in [9.17, 15) is 15.0 Å². The molecule has 0 aliphatic rings. The number of aliphatic hydroxyl groups excluding tert-OH is 2. The average molecular weight is 400 g/mol. The van der Waals surface area contributed by atoms with Gasteiger partial charge in [-0.25, -0.2) is 0 Å². The van der Waals surface area contributed by atoms with E-state index in [4.69, 9.17) is 0 Å². The molecule has 0 rings (SSSR count). The van der Waals surface area contributed by atoms with Crippen LogP contribution in [0.3, 0.4) is 0 Å². The van der Waals surface area contributed by atoms with E-state index in [1.54, 1.807) is 4.90 Å². The SMILES string of the molecule is CCCCCCCCCCCCCCCCCC(=O)N(C(C)CO)C(C)CO. The van der Waals surface area contributed by atoms with Gasteiger partial charge in [-0.2, -0.15) is 0 Å². The molecule has 0 radical (unpaired) electrons. The second kappa shape index (κ2) is 19.7. The molecule has 2 atom stereocenters. The first kappa shape index (κ1) is 27.4. The summed E-state index contributed by atoms with van der Waals surface area (Å²) < 4.78 is 0. The summed E-state index contributed by atoms with van der Waals surface area (Å²) in [6, 6.07) is -0.461. The summed E-state index contributed by atoms with van der Waals surface area (Å²) in [6.45, 7) is 5.81. The number of carbonyl (C=O) groups excluding carboxylic acids is 1. The zero-order chi connectivity index (χ0) is 21.0. The molecule has 168 valence electrons. The van der Waals surface area contributed by atoms with Crippen LogP contribution in [-0.4, -0.2) is 46.3 Å². The van der Waals surface area contributed by atoms with Crippen molar-refractivity contribution in [3.8, 4) is 0 Å². The van der Waals surface area contributed by atoms with Gasteiger partial charge in [-0.1, -0.05) is 96.8 Å². The van der Waals surface area contributed by atoms with Gasteiger partial charge in [-0.3, -0.25) is 4.79 Å². The molecular weight excluding hydrogens is 350 g/mol. The highest BCUT2D eigenvalue weighted by Crippen LogP contribution is 2.15. The molecule has 0 aromatic rings. The van der Waals surface area contributed by atoms with Gasteiger partial charge in [-0.15, -0.1) is 0 Å². The second-order valence-electron chi connectivity index (χ2n) is 8.56. The van der Waals surface area contributed by atoms with Gasteiger partial charge in [-0.05, 0) is 20.3 Å². The fraction of sp³-hybridized carbons (Fsp3) is 0.958. The van der Waals surface area contributed by atoms with Gasteiger partial charge >= 0.3 is 0 Å². The van der Waals surface area contributed by atoms with Crippen molar-refractivity contribution < 1.29 is 15.0 Å². The smallest absolute Gasteiger partial charge is 0.223 e. The van der Waals surface area contributed by atoms with E-state index >= 15 is 0 Å². The molecule has 28 heavy (non-hydrogen) atoms. The Hall–Kier alpha value is -0.610. The Morgan fingerprint density at radius 3 is 1.29 bits per heavy atom. The van der Waals surface area contributed by atoms with Gasteiger partial charge in [0.2, 0.25) is 5.91 Å². The fourth-order valence-corrected chi connectivity index (χ4v) is 3.88. The molecule has 0 spiro atoms. The van der Waals surface area contributed by atoms with Crippen LogP contribution in [0.15, 0.2) is 0 Å². The first-order chi connectivity index (χ1) is 13.6. The summed E-state index contributed by atoms with van der Waals surface area (Å²) >= 11 is 0. The quantitative estimate of drug-likeness (QED) is 0.253. The van der Waals surface area contributed by atoms with Crippen LogP contribution in [0.2, 0.25) is 0 Å². The van der Waals surface area contributed by atoms with Crippen molar-refractivity contribution in [2.24, 2.45) is 0 Å². The molecule has 1 amide bonds. The lowest BCUT2D eigenvalue weighted by Gasteiger charge is -2.33. The molecular formula is C24H49NO3. The maximum absolute atomic E-state index is 12.4. The van der Waals surface area contributed by atoms with Crippen molar-refractivity contribution in [2.45, 2.75) is 136 Å². The number of amides is 1. The maximum atomic E-state index is 12.4. The van der Waals surface area contributed by atoms with Crippen LogP contribution in [0.5, 0.6) is 0 Å². The van der Waals surface area contributed by atoms with Gasteiger partial charge in [0.25, 0.3) is 0 Å². The summed E-state index contributed by atoms with van der Waals surface area (Å²) in [6.07, 6.45) is 20.3. The molecule has 4 nitrogen and oxygen atoms in total. The van der Waals surface area contributed by atoms with Crippen molar-refractivity contribution in [2.75, 3.05) is 13.2 Å². The highest BCUT2D eigenvalue weighted by molar-refractivity contribution is 5.76. The largest absolute Gasteiger partial charge is 0.394 e. The van der Waals surface area contributed by atoms with Crippen LogP contribution in [-0.2, 0) is 4.79 Å². The summed E-state index contributed by atoms with van der Waals surface area (Å²) in [7, 11) is 0. The minimum absolute atomic E-state index is 0.0535. The summed E-state index contributed by atoms with van der Waals surface area (Å²) in [5, 5.41) is 18.7. The molecule has 0 aromatic heterocycles. The summed E-state index contributed by atoms with van der Waals surface area (Å²) in [4.78, 5) is 14.0. The van der Waals surface area contributed by atoms with E-state index in [2.05, 4.69) is 6.92 Å². The van der Waals surface area contributed by atoms with Crippen molar-refractivity contribution in [1.82, 2.24) is 4.90 Å². The average Bonchev–Trinajstić information content (AvgIpc) is 2.70. The third-order valence-electron chi connectivity index (χ3n) is 5.76. The van der Waals surface area contributed by atoms with Crippen LogP contribution in [0.25, 0.3) is 0 Å². The Kier molecular flexibility index (Phi) is 19.3. The van der Waals surface area contributed by atoms with Crippen LogP contribution < -0.4 is 0 Å². The number of carbonyl (C=O) groups is 1. The maximum Gasteiger partial charge on any atom is 0.223 e. The van der Waals surface area contributed by atoms with Crippen molar-refractivity contribution in [3.05, 3.63) is 0 Å². The highest BCUT2D eigenvalue weighted by atomic mass is 16.3. The first-order valence-electron chi connectivity index (χ1n) is 12.1. The Balaban J connectivity index is 3.52. The number of rotatable bonds is 20. The predicted octanol–water partition coefficient (Wildman–Crippen LogP) is 5.84. The van der Waals surface area contributed by atoms with E-state index < -0.39 is 0 Å². The zero-order valence-corrected chi connectivity index (χ0v) is 19.1. The third kappa shape index (κ3) is 14.4. The molecule has 0 aliphatic carbocycles. The molecule has 2 unspecified atom stereocenters. The van der Waals surface area contributed by atoms with Crippen molar-refractivity contribution in [3.63, 3.8) is 0 Å². The lowest BCUT2D eigenvalue weighted by molar-refractivity contribution is -0.137. The van der Waals surface area contributed by atoms with E-state index in [1.165, 1.54) is 83.5 Å². The Morgan fingerprint density at radius 1 is 0.643 bits per heavy atom. The van der Waals surface area contributed by atoms with Gasteiger partial charge in [0.15, 0.2) is 0 Å². The van der Waals surface area contributed by atoms with E-state index in [-0.39, 0.29) is 31.2 Å². The van der Waals surface area contributed by atoms with E-state index in [1.807, 2.05) is 13.8 Å². The Bertz CT molecular complexity index is 339. The highest BCUT2D eigenvalue weighted by Gasteiger charge is 2.23. The first-order valence-corrected chi connectivity index (χ1v) is 12.1. The lowest BCUT2D eigenvalue weighted by atomic mass is 10.0. The van der Waals surface area contributed by atoms with Gasteiger partial charge < -0.3 is 15.1 Å². The normalized spacial score (nSPS) is 13.5. The number of hydrogen-bond acceptors (Lipinski definition) is 3. The van der Waals surface area contributed by atoms with Crippen LogP contribution in [0.4, 0.5) is 0 Å². The summed E-state index contributed by atoms with van der Waals surface area (Å²) in [5.74, 6) is 0.0535. The van der Waals surface area contributed by atoms with E-state index in [0.717, 1.165) is 12.8 Å². The molecule has 0 aromatic carbocycles. The topological polar surface area (TPSA) is 60.8 Å². The van der Waals surface area contributed by atoms with Gasteiger partial charge in [0.1, 0.15) is 0 Å². The summed E-state index contributed by atoms with van der Waals surface area (Å²) in [5.41, 5.74) is 0. The van der Waals surface area contributed by atoms with E-state index in [0.29, 0.717) is 6.42 Å². The minimum atomic E-state index is -0.231.